The van der Waals surface area contributed by atoms with Crippen molar-refractivity contribution < 1.29 is 23.0 Å². The van der Waals surface area contributed by atoms with Gasteiger partial charge in [0.15, 0.2) is 5.78 Å². The molecule has 4 nitrogen and oxygen atoms in total. The third-order valence-electron chi connectivity index (χ3n) is 5.45. The molecular formula is C27H25F2NO3. The van der Waals surface area contributed by atoms with Gasteiger partial charge in [-0.2, -0.15) is 5.26 Å². The lowest BCUT2D eigenvalue weighted by molar-refractivity contribution is 0.0368. The van der Waals surface area contributed by atoms with Crippen LogP contribution in [0.2, 0.25) is 0 Å². The number of hydrogen-bond acceptors (Lipinski definition) is 4. The van der Waals surface area contributed by atoms with Crippen molar-refractivity contribution >= 4 is 5.78 Å². The van der Waals surface area contributed by atoms with Gasteiger partial charge in [0.1, 0.15) is 17.6 Å². The Hall–Kier alpha value is -3.72. The highest BCUT2D eigenvalue weighted by Crippen LogP contribution is 2.41. The van der Waals surface area contributed by atoms with Crippen LogP contribution in [-0.4, -0.2) is 18.3 Å². The normalized spacial score (nSPS) is 15.2. The molecule has 0 N–H and O–H groups in total. The van der Waals surface area contributed by atoms with Crippen LogP contribution in [0.4, 0.5) is 8.78 Å². The zero-order valence-electron chi connectivity index (χ0n) is 18.6. The quantitative estimate of drug-likeness (QED) is 0.418. The van der Waals surface area contributed by atoms with Crippen molar-refractivity contribution in [1.82, 2.24) is 0 Å². The van der Waals surface area contributed by atoms with E-state index in [2.05, 4.69) is 12.6 Å². The Labute approximate surface area is 192 Å². The summed E-state index contributed by atoms with van der Waals surface area (Å²) in [5, 5.41) is 9.14. The molecule has 3 rings (SSSR count). The molecule has 0 spiro atoms. The van der Waals surface area contributed by atoms with Crippen LogP contribution in [0, 0.1) is 11.3 Å². The van der Waals surface area contributed by atoms with Gasteiger partial charge in [0.25, 0.3) is 5.92 Å². The summed E-state index contributed by atoms with van der Waals surface area (Å²) in [4.78, 5) is 12.1. The average Bonchev–Trinajstić information content (AvgIpc) is 2.82. The van der Waals surface area contributed by atoms with Gasteiger partial charge in [0.05, 0.1) is 23.8 Å². The van der Waals surface area contributed by atoms with E-state index in [0.717, 1.165) is 0 Å². The fourth-order valence-corrected chi connectivity index (χ4v) is 3.72. The number of fused-ring (bicyclic) bond motifs is 1. The number of allylic oxidation sites excluding steroid dienone is 3. The lowest BCUT2D eigenvalue weighted by atomic mass is 9.89. The Balaban J connectivity index is 2.11. The van der Waals surface area contributed by atoms with Gasteiger partial charge < -0.3 is 9.47 Å². The van der Waals surface area contributed by atoms with Crippen molar-refractivity contribution in [3.8, 4) is 17.6 Å². The SMILES string of the molecule is C=C/C=C(\C(=C/C)C(F)(F)CC)C(Oc1ccc2c(c1)OCCC2=O)c1ccc(C#N)cc1. The fourth-order valence-electron chi connectivity index (χ4n) is 3.72. The van der Waals surface area contributed by atoms with Gasteiger partial charge in [0, 0.05) is 30.1 Å². The number of Topliss-reactive ketones (excluding diaryl/α,β-unsaturated/α-hetero) is 1. The van der Waals surface area contributed by atoms with Crippen molar-refractivity contribution in [3.05, 3.63) is 95.1 Å². The molecule has 0 bridgehead atoms. The highest BCUT2D eigenvalue weighted by molar-refractivity contribution is 5.99. The second-order valence-electron chi connectivity index (χ2n) is 7.53. The molecule has 170 valence electrons. The maximum atomic E-state index is 14.9. The number of nitrogens with zero attached hydrogens (tertiary/aromatic N) is 1. The summed E-state index contributed by atoms with van der Waals surface area (Å²) in [6, 6.07) is 13.5. The molecule has 0 radical (unpaired) electrons. The number of alkyl halides is 2. The molecule has 0 amide bonds. The van der Waals surface area contributed by atoms with Gasteiger partial charge in [-0.05, 0) is 36.8 Å². The molecule has 2 aromatic carbocycles. The number of benzene rings is 2. The molecule has 6 heteroatoms. The summed E-state index contributed by atoms with van der Waals surface area (Å²) in [7, 11) is 0. The summed E-state index contributed by atoms with van der Waals surface area (Å²) in [5.74, 6) is -2.33. The van der Waals surface area contributed by atoms with Crippen LogP contribution in [0.15, 0.2) is 78.4 Å². The van der Waals surface area contributed by atoms with Gasteiger partial charge in [-0.3, -0.25) is 4.79 Å². The second kappa shape index (κ2) is 10.3. The Kier molecular flexibility index (Phi) is 7.44. The van der Waals surface area contributed by atoms with Crippen LogP contribution < -0.4 is 9.47 Å². The predicted octanol–water partition coefficient (Wildman–Crippen LogP) is 6.75. The molecule has 1 aliphatic rings. The van der Waals surface area contributed by atoms with E-state index in [4.69, 9.17) is 14.7 Å². The Bertz CT molecular complexity index is 1140. The minimum absolute atomic E-state index is 0.0162. The summed E-state index contributed by atoms with van der Waals surface area (Å²) >= 11 is 0. The molecule has 1 aliphatic heterocycles. The van der Waals surface area contributed by atoms with E-state index in [0.29, 0.717) is 34.6 Å². The third kappa shape index (κ3) is 5.20. The van der Waals surface area contributed by atoms with Crippen LogP contribution in [0.1, 0.15) is 54.3 Å². The highest BCUT2D eigenvalue weighted by Gasteiger charge is 2.37. The third-order valence-corrected chi connectivity index (χ3v) is 5.45. The van der Waals surface area contributed by atoms with Crippen molar-refractivity contribution in [1.29, 1.82) is 5.26 Å². The first-order chi connectivity index (χ1) is 15.8. The number of carbonyl (C=O) groups is 1. The fraction of sp³-hybridized carbons (Fsp3) is 0.259. The van der Waals surface area contributed by atoms with E-state index < -0.39 is 12.0 Å². The zero-order chi connectivity index (χ0) is 24.0. The second-order valence-corrected chi connectivity index (χ2v) is 7.53. The molecule has 2 aromatic rings. The Morgan fingerprint density at radius 1 is 1.30 bits per heavy atom. The van der Waals surface area contributed by atoms with Crippen LogP contribution in [0.3, 0.4) is 0 Å². The van der Waals surface area contributed by atoms with E-state index in [1.54, 1.807) is 49.4 Å². The lowest BCUT2D eigenvalue weighted by Crippen LogP contribution is -2.24. The maximum absolute atomic E-state index is 14.9. The monoisotopic (exact) mass is 449 g/mol. The average molecular weight is 449 g/mol. The Morgan fingerprint density at radius 3 is 2.64 bits per heavy atom. The van der Waals surface area contributed by atoms with Gasteiger partial charge in [-0.15, -0.1) is 0 Å². The van der Waals surface area contributed by atoms with E-state index in [1.807, 2.05) is 0 Å². The van der Waals surface area contributed by atoms with Crippen molar-refractivity contribution in [2.75, 3.05) is 6.61 Å². The molecule has 0 aromatic heterocycles. The van der Waals surface area contributed by atoms with Crippen LogP contribution in [0.5, 0.6) is 11.5 Å². The van der Waals surface area contributed by atoms with Crippen molar-refractivity contribution in [3.63, 3.8) is 0 Å². The lowest BCUT2D eigenvalue weighted by Gasteiger charge is -2.28. The standard InChI is InChI=1S/C27H25F2NO3/c1-4-7-21(23(5-2)27(28,29)6-3)26(19-10-8-18(17-30)9-11-19)33-20-12-13-22-24(31)14-15-32-25(22)16-20/h4-5,7-13,16,26H,1,6,14-15H2,2-3H3/b21-7+,23-5+. The van der Waals surface area contributed by atoms with E-state index in [9.17, 15) is 13.6 Å². The zero-order valence-corrected chi connectivity index (χ0v) is 18.6. The highest BCUT2D eigenvalue weighted by atomic mass is 19.3. The first-order valence-electron chi connectivity index (χ1n) is 10.7. The van der Waals surface area contributed by atoms with E-state index >= 15 is 0 Å². The van der Waals surface area contributed by atoms with Gasteiger partial charge in [-0.25, -0.2) is 8.78 Å². The summed E-state index contributed by atoms with van der Waals surface area (Å²) < 4.78 is 41.6. The molecule has 33 heavy (non-hydrogen) atoms. The topological polar surface area (TPSA) is 59.3 Å². The van der Waals surface area contributed by atoms with Crippen LogP contribution in [-0.2, 0) is 0 Å². The molecular weight excluding hydrogens is 424 g/mol. The van der Waals surface area contributed by atoms with E-state index in [1.165, 1.54) is 25.2 Å². The van der Waals surface area contributed by atoms with Crippen LogP contribution >= 0.6 is 0 Å². The summed E-state index contributed by atoms with van der Waals surface area (Å²) in [6.45, 7) is 6.96. The number of ether oxygens (including phenoxy) is 2. The molecule has 1 unspecified atom stereocenters. The predicted molar refractivity (Wildman–Crippen MR) is 123 cm³/mol. The minimum atomic E-state index is -3.08. The number of carbonyl (C=O) groups excluding carboxylic acids is 1. The summed E-state index contributed by atoms with van der Waals surface area (Å²) in [5.41, 5.74) is 1.58. The molecule has 1 atom stereocenters. The molecule has 0 saturated heterocycles. The smallest absolute Gasteiger partial charge is 0.273 e. The van der Waals surface area contributed by atoms with Crippen LogP contribution in [0.25, 0.3) is 0 Å². The first-order valence-corrected chi connectivity index (χ1v) is 10.7. The van der Waals surface area contributed by atoms with Gasteiger partial charge in [-0.1, -0.05) is 43.9 Å². The van der Waals surface area contributed by atoms with Crippen molar-refractivity contribution in [2.45, 2.75) is 38.7 Å². The number of halogens is 2. The number of nitriles is 1. The minimum Gasteiger partial charge on any atom is -0.492 e. The largest absolute Gasteiger partial charge is 0.492 e. The summed E-state index contributed by atoms with van der Waals surface area (Å²) in [6.07, 6.45) is 3.35. The molecule has 0 aliphatic carbocycles. The van der Waals surface area contributed by atoms with Gasteiger partial charge >= 0.3 is 0 Å². The molecule has 1 heterocycles. The number of rotatable bonds is 8. The van der Waals surface area contributed by atoms with Gasteiger partial charge in [0.2, 0.25) is 0 Å². The van der Waals surface area contributed by atoms with Crippen molar-refractivity contribution in [2.24, 2.45) is 0 Å². The van der Waals surface area contributed by atoms with E-state index in [-0.39, 0.29) is 30.0 Å². The maximum Gasteiger partial charge on any atom is 0.273 e. The number of ketones is 1. The number of hydrogen-bond donors (Lipinski definition) is 0. The first kappa shape index (κ1) is 23.9. The molecule has 0 saturated carbocycles. The Morgan fingerprint density at radius 2 is 2.03 bits per heavy atom. The molecule has 0 fully saturated rings.